The maximum absolute atomic E-state index is 12.2. The predicted octanol–water partition coefficient (Wildman–Crippen LogP) is 1.39. The average Bonchev–Trinajstić information content (AvgIpc) is 2.89. The average molecular weight is 235 g/mol. The standard InChI is InChI=1S/C12H15N3O2.H2/c1-14-3-5-15(6-4-14)12(16)10-8-11-9(13-10)2-7-17-11;/h2,7-8,13H,3-6H2,1H3;1H. The molecule has 1 saturated heterocycles. The van der Waals surface area contributed by atoms with E-state index < -0.39 is 0 Å². The van der Waals surface area contributed by atoms with Crippen molar-refractivity contribution in [3.8, 4) is 0 Å². The Hall–Kier alpha value is -1.75. The van der Waals surface area contributed by atoms with E-state index in [9.17, 15) is 4.79 Å². The van der Waals surface area contributed by atoms with Crippen molar-refractivity contribution in [1.82, 2.24) is 14.8 Å². The first kappa shape index (κ1) is 10.4. The summed E-state index contributed by atoms with van der Waals surface area (Å²) >= 11 is 0. The van der Waals surface area contributed by atoms with Crippen LogP contribution >= 0.6 is 0 Å². The summed E-state index contributed by atoms with van der Waals surface area (Å²) in [6.07, 6.45) is 1.62. The van der Waals surface area contributed by atoms with Crippen molar-refractivity contribution in [3.63, 3.8) is 0 Å². The zero-order valence-corrected chi connectivity index (χ0v) is 9.77. The fourth-order valence-corrected chi connectivity index (χ4v) is 2.14. The van der Waals surface area contributed by atoms with E-state index in [1.807, 2.05) is 11.0 Å². The zero-order valence-electron chi connectivity index (χ0n) is 9.77. The molecular formula is C12H17N3O2. The van der Waals surface area contributed by atoms with Crippen molar-refractivity contribution in [2.75, 3.05) is 33.2 Å². The molecule has 0 saturated carbocycles. The number of aromatic nitrogens is 1. The van der Waals surface area contributed by atoms with E-state index in [2.05, 4.69) is 16.9 Å². The van der Waals surface area contributed by atoms with Gasteiger partial charge in [-0.3, -0.25) is 4.79 Å². The summed E-state index contributed by atoms with van der Waals surface area (Å²) in [6, 6.07) is 3.60. The minimum absolute atomic E-state index is 0. The number of hydrogen-bond acceptors (Lipinski definition) is 3. The Morgan fingerprint density at radius 3 is 2.88 bits per heavy atom. The van der Waals surface area contributed by atoms with Crippen molar-refractivity contribution in [2.45, 2.75) is 0 Å². The van der Waals surface area contributed by atoms with Gasteiger partial charge in [0.1, 0.15) is 5.69 Å². The summed E-state index contributed by atoms with van der Waals surface area (Å²) in [5, 5.41) is 0. The van der Waals surface area contributed by atoms with Gasteiger partial charge in [-0.05, 0) is 7.05 Å². The topological polar surface area (TPSA) is 52.5 Å². The van der Waals surface area contributed by atoms with Gasteiger partial charge in [0.15, 0.2) is 5.58 Å². The summed E-state index contributed by atoms with van der Waals surface area (Å²) in [4.78, 5) is 19.4. The number of rotatable bonds is 1. The molecule has 1 fully saturated rings. The molecule has 0 atom stereocenters. The van der Waals surface area contributed by atoms with Gasteiger partial charge in [0.2, 0.25) is 0 Å². The van der Waals surface area contributed by atoms with E-state index in [4.69, 9.17) is 4.42 Å². The lowest BCUT2D eigenvalue weighted by molar-refractivity contribution is 0.0659. The molecule has 1 N–H and O–H groups in total. The van der Waals surface area contributed by atoms with Crippen LogP contribution in [0, 0.1) is 0 Å². The first-order chi connectivity index (χ1) is 8.24. The normalized spacial score (nSPS) is 17.8. The number of fused-ring (bicyclic) bond motifs is 1. The molecule has 0 bridgehead atoms. The Morgan fingerprint density at radius 1 is 1.41 bits per heavy atom. The molecule has 5 nitrogen and oxygen atoms in total. The number of furan rings is 1. The van der Waals surface area contributed by atoms with Gasteiger partial charge < -0.3 is 19.2 Å². The molecule has 0 aliphatic carbocycles. The van der Waals surface area contributed by atoms with Crippen LogP contribution in [0.15, 0.2) is 22.8 Å². The van der Waals surface area contributed by atoms with Crippen molar-refractivity contribution < 1.29 is 10.6 Å². The van der Waals surface area contributed by atoms with Crippen molar-refractivity contribution in [3.05, 3.63) is 24.1 Å². The summed E-state index contributed by atoms with van der Waals surface area (Å²) in [7, 11) is 2.07. The SMILES string of the molecule is CN1CCN(C(=O)c2cc3occc3[nH]2)CC1.[HH]. The molecule has 1 aliphatic rings. The minimum atomic E-state index is 0. The van der Waals surface area contributed by atoms with E-state index in [1.54, 1.807) is 12.3 Å². The fraction of sp³-hybridized carbons (Fsp3) is 0.417. The van der Waals surface area contributed by atoms with Crippen LogP contribution in [0.25, 0.3) is 11.1 Å². The zero-order chi connectivity index (χ0) is 11.8. The van der Waals surface area contributed by atoms with Gasteiger partial charge in [-0.25, -0.2) is 0 Å². The second-order valence-corrected chi connectivity index (χ2v) is 4.48. The molecule has 3 heterocycles. The highest BCUT2D eigenvalue weighted by molar-refractivity contribution is 5.96. The molecular weight excluding hydrogens is 218 g/mol. The molecule has 2 aromatic rings. The largest absolute Gasteiger partial charge is 0.463 e. The Kier molecular flexibility index (Phi) is 2.40. The number of piperazine rings is 1. The molecule has 0 aromatic carbocycles. The third-order valence-corrected chi connectivity index (χ3v) is 3.26. The minimum Gasteiger partial charge on any atom is -0.463 e. The second-order valence-electron chi connectivity index (χ2n) is 4.48. The number of nitrogens with zero attached hydrogens (tertiary/aromatic N) is 2. The van der Waals surface area contributed by atoms with Crippen molar-refractivity contribution >= 4 is 17.0 Å². The Morgan fingerprint density at radius 2 is 2.18 bits per heavy atom. The molecule has 17 heavy (non-hydrogen) atoms. The van der Waals surface area contributed by atoms with Crippen molar-refractivity contribution in [2.24, 2.45) is 0 Å². The third kappa shape index (κ3) is 1.82. The first-order valence-corrected chi connectivity index (χ1v) is 5.78. The molecule has 5 heteroatoms. The molecule has 0 radical (unpaired) electrons. The monoisotopic (exact) mass is 235 g/mol. The number of carbonyl (C=O) groups excluding carboxylic acids is 1. The highest BCUT2D eigenvalue weighted by Crippen LogP contribution is 2.17. The van der Waals surface area contributed by atoms with E-state index in [-0.39, 0.29) is 7.33 Å². The van der Waals surface area contributed by atoms with Crippen LogP contribution in [0.4, 0.5) is 0 Å². The van der Waals surface area contributed by atoms with E-state index in [0.29, 0.717) is 5.69 Å². The Balaban J connectivity index is 0.00000120. The van der Waals surface area contributed by atoms with Crippen LogP contribution < -0.4 is 0 Å². The first-order valence-electron chi connectivity index (χ1n) is 5.78. The van der Waals surface area contributed by atoms with Crippen LogP contribution in [-0.4, -0.2) is 53.9 Å². The summed E-state index contributed by atoms with van der Waals surface area (Å²) in [6.45, 7) is 3.44. The number of amides is 1. The number of likely N-dealkylation sites (N-methyl/N-ethyl adjacent to an activating group) is 1. The van der Waals surface area contributed by atoms with Gasteiger partial charge in [-0.1, -0.05) is 0 Å². The Labute approximate surface area is 100 Å². The number of carbonyl (C=O) groups is 1. The van der Waals surface area contributed by atoms with Gasteiger partial charge >= 0.3 is 0 Å². The van der Waals surface area contributed by atoms with Crippen LogP contribution in [0.2, 0.25) is 0 Å². The summed E-state index contributed by atoms with van der Waals surface area (Å²) in [5.41, 5.74) is 2.23. The third-order valence-electron chi connectivity index (χ3n) is 3.26. The quantitative estimate of drug-likeness (QED) is 0.812. The lowest BCUT2D eigenvalue weighted by Gasteiger charge is -2.32. The van der Waals surface area contributed by atoms with E-state index >= 15 is 0 Å². The van der Waals surface area contributed by atoms with Gasteiger partial charge in [0.05, 0.1) is 11.8 Å². The maximum Gasteiger partial charge on any atom is 0.270 e. The molecule has 2 aromatic heterocycles. The highest BCUT2D eigenvalue weighted by atomic mass is 16.3. The van der Waals surface area contributed by atoms with E-state index in [1.165, 1.54) is 0 Å². The number of aromatic amines is 1. The lowest BCUT2D eigenvalue weighted by atomic mass is 10.3. The number of H-pyrrole nitrogens is 1. The van der Waals surface area contributed by atoms with Gasteiger partial charge in [0, 0.05) is 39.7 Å². The van der Waals surface area contributed by atoms with Crippen LogP contribution in [0.3, 0.4) is 0 Å². The van der Waals surface area contributed by atoms with Gasteiger partial charge in [-0.15, -0.1) is 0 Å². The van der Waals surface area contributed by atoms with Gasteiger partial charge in [-0.2, -0.15) is 0 Å². The molecule has 1 aliphatic heterocycles. The fourth-order valence-electron chi connectivity index (χ4n) is 2.14. The molecule has 0 spiro atoms. The number of hydrogen-bond donors (Lipinski definition) is 1. The van der Waals surface area contributed by atoms with Crippen LogP contribution in [0.1, 0.15) is 11.9 Å². The summed E-state index contributed by atoms with van der Waals surface area (Å²) < 4.78 is 5.24. The maximum atomic E-state index is 12.2. The van der Waals surface area contributed by atoms with Gasteiger partial charge in [0.25, 0.3) is 5.91 Å². The summed E-state index contributed by atoms with van der Waals surface area (Å²) in [5.74, 6) is 0.0597. The second kappa shape index (κ2) is 3.92. The van der Waals surface area contributed by atoms with Crippen LogP contribution in [-0.2, 0) is 0 Å². The lowest BCUT2D eigenvalue weighted by Crippen LogP contribution is -2.47. The van der Waals surface area contributed by atoms with Crippen molar-refractivity contribution in [1.29, 1.82) is 0 Å². The Bertz CT molecular complexity index is 512. The van der Waals surface area contributed by atoms with E-state index in [0.717, 1.165) is 37.3 Å². The van der Waals surface area contributed by atoms with Crippen LogP contribution in [0.5, 0.6) is 0 Å². The number of nitrogens with one attached hydrogen (secondary N) is 1. The molecule has 3 rings (SSSR count). The molecule has 0 unspecified atom stereocenters. The smallest absolute Gasteiger partial charge is 0.270 e. The highest BCUT2D eigenvalue weighted by Gasteiger charge is 2.21. The molecule has 1 amide bonds. The molecule has 92 valence electrons. The predicted molar refractivity (Wildman–Crippen MR) is 66.1 cm³/mol.